The van der Waals surface area contributed by atoms with Crippen LogP contribution in [0.15, 0.2) is 24.3 Å². The fourth-order valence-electron chi connectivity index (χ4n) is 3.83. The molecule has 0 bridgehead atoms. The lowest BCUT2D eigenvalue weighted by molar-refractivity contribution is -0.123. The van der Waals surface area contributed by atoms with Crippen LogP contribution in [0.2, 0.25) is 0 Å². The van der Waals surface area contributed by atoms with Gasteiger partial charge in [0.1, 0.15) is 5.75 Å². The van der Waals surface area contributed by atoms with Crippen LogP contribution in [0.4, 0.5) is 5.69 Å². The number of rotatable bonds is 7. The summed E-state index contributed by atoms with van der Waals surface area (Å²) in [6.45, 7) is 12.5. The highest BCUT2D eigenvalue weighted by atomic mass is 16.5. The van der Waals surface area contributed by atoms with E-state index in [2.05, 4.69) is 46.0 Å². The summed E-state index contributed by atoms with van der Waals surface area (Å²) in [6, 6.07) is 8.15. The normalized spacial score (nSPS) is 19.5. The number of methoxy groups -OCH3 is 1. The lowest BCUT2D eigenvalue weighted by Gasteiger charge is -2.41. The molecule has 0 atom stereocenters. The van der Waals surface area contributed by atoms with E-state index in [1.807, 2.05) is 12.1 Å². The highest BCUT2D eigenvalue weighted by Gasteiger charge is 2.29. The van der Waals surface area contributed by atoms with Crippen molar-refractivity contribution >= 4 is 11.6 Å². The molecule has 0 unspecified atom stereocenters. The van der Waals surface area contributed by atoms with Crippen molar-refractivity contribution in [3.05, 3.63) is 24.3 Å². The third-order valence-electron chi connectivity index (χ3n) is 5.74. The number of nitrogens with one attached hydrogen (secondary N) is 1. The SMILES string of the molecule is COc1cccc(N2CCN(CC(=O)NCC(C)(C)N3CCOCC3)CC2)c1. The largest absolute Gasteiger partial charge is 0.497 e. The first kappa shape index (κ1) is 20.9. The maximum atomic E-state index is 12.4. The summed E-state index contributed by atoms with van der Waals surface area (Å²) in [5, 5.41) is 3.13. The number of morpholine rings is 1. The minimum atomic E-state index is -0.0511. The van der Waals surface area contributed by atoms with Crippen LogP contribution in [-0.4, -0.2) is 93.9 Å². The molecule has 0 radical (unpaired) electrons. The molecule has 3 rings (SSSR count). The third-order valence-corrected chi connectivity index (χ3v) is 5.74. The van der Waals surface area contributed by atoms with Gasteiger partial charge in [0.05, 0.1) is 26.9 Å². The molecular weight excluding hydrogens is 356 g/mol. The van der Waals surface area contributed by atoms with Gasteiger partial charge in [-0.3, -0.25) is 14.6 Å². The summed E-state index contributed by atoms with van der Waals surface area (Å²) in [6.07, 6.45) is 0. The Hall–Kier alpha value is -1.83. The van der Waals surface area contributed by atoms with Crippen LogP contribution in [0.3, 0.4) is 0 Å². The Morgan fingerprint density at radius 2 is 1.86 bits per heavy atom. The first-order chi connectivity index (χ1) is 13.5. The molecule has 2 heterocycles. The van der Waals surface area contributed by atoms with Crippen LogP contribution in [-0.2, 0) is 9.53 Å². The van der Waals surface area contributed by atoms with Crippen molar-refractivity contribution in [3.8, 4) is 5.75 Å². The highest BCUT2D eigenvalue weighted by molar-refractivity contribution is 5.78. The van der Waals surface area contributed by atoms with Crippen molar-refractivity contribution in [2.24, 2.45) is 0 Å². The number of carbonyl (C=O) groups excluding carboxylic acids is 1. The fourth-order valence-corrected chi connectivity index (χ4v) is 3.83. The van der Waals surface area contributed by atoms with E-state index in [0.717, 1.165) is 58.2 Å². The molecule has 1 amide bonds. The van der Waals surface area contributed by atoms with Gasteiger partial charge in [0.25, 0.3) is 0 Å². The molecule has 7 heteroatoms. The van der Waals surface area contributed by atoms with Gasteiger partial charge in [-0.1, -0.05) is 6.07 Å². The van der Waals surface area contributed by atoms with Crippen molar-refractivity contribution in [3.63, 3.8) is 0 Å². The number of piperazine rings is 1. The molecule has 2 aliphatic heterocycles. The smallest absolute Gasteiger partial charge is 0.234 e. The highest BCUT2D eigenvalue weighted by Crippen LogP contribution is 2.22. The van der Waals surface area contributed by atoms with Gasteiger partial charge < -0.3 is 19.7 Å². The molecule has 1 aromatic carbocycles. The summed E-state index contributed by atoms with van der Waals surface area (Å²) in [5.41, 5.74) is 1.13. The first-order valence-corrected chi connectivity index (χ1v) is 10.2. The lowest BCUT2D eigenvalue weighted by atomic mass is 10.0. The Labute approximate surface area is 168 Å². The Bertz CT molecular complexity index is 638. The van der Waals surface area contributed by atoms with E-state index in [-0.39, 0.29) is 11.4 Å². The molecule has 1 N–H and O–H groups in total. The first-order valence-electron chi connectivity index (χ1n) is 10.2. The van der Waals surface area contributed by atoms with Crippen LogP contribution in [0, 0.1) is 0 Å². The van der Waals surface area contributed by atoms with Crippen LogP contribution < -0.4 is 15.0 Å². The zero-order valence-corrected chi connectivity index (χ0v) is 17.4. The van der Waals surface area contributed by atoms with Crippen LogP contribution in [0.5, 0.6) is 5.75 Å². The molecule has 1 aromatic rings. The topological polar surface area (TPSA) is 57.3 Å². The van der Waals surface area contributed by atoms with Crippen molar-refractivity contribution in [2.45, 2.75) is 19.4 Å². The van der Waals surface area contributed by atoms with Crippen molar-refractivity contribution in [2.75, 3.05) is 77.6 Å². The zero-order chi connectivity index (χ0) is 20.0. The van der Waals surface area contributed by atoms with Gasteiger partial charge in [-0.05, 0) is 26.0 Å². The van der Waals surface area contributed by atoms with Gasteiger partial charge in [0, 0.05) is 63.1 Å². The molecule has 7 nitrogen and oxygen atoms in total. The number of carbonyl (C=O) groups is 1. The maximum absolute atomic E-state index is 12.4. The van der Waals surface area contributed by atoms with Gasteiger partial charge in [-0.25, -0.2) is 0 Å². The van der Waals surface area contributed by atoms with E-state index in [4.69, 9.17) is 9.47 Å². The third kappa shape index (κ3) is 5.59. The maximum Gasteiger partial charge on any atom is 0.234 e. The fraction of sp³-hybridized carbons (Fsp3) is 0.667. The van der Waals surface area contributed by atoms with Crippen molar-refractivity contribution < 1.29 is 14.3 Å². The second-order valence-electron chi connectivity index (χ2n) is 8.15. The zero-order valence-electron chi connectivity index (χ0n) is 17.4. The van der Waals surface area contributed by atoms with Gasteiger partial charge >= 0.3 is 0 Å². The van der Waals surface area contributed by atoms with Crippen molar-refractivity contribution in [1.29, 1.82) is 0 Å². The van der Waals surface area contributed by atoms with Crippen LogP contribution >= 0.6 is 0 Å². The molecule has 2 fully saturated rings. The molecule has 2 saturated heterocycles. The number of hydrogen-bond donors (Lipinski definition) is 1. The predicted octanol–water partition coefficient (Wildman–Crippen LogP) is 1.04. The number of anilines is 1. The van der Waals surface area contributed by atoms with E-state index in [1.54, 1.807) is 7.11 Å². The van der Waals surface area contributed by atoms with Crippen molar-refractivity contribution in [1.82, 2.24) is 15.1 Å². The van der Waals surface area contributed by atoms with E-state index in [1.165, 1.54) is 5.69 Å². The summed E-state index contributed by atoms with van der Waals surface area (Å²) in [4.78, 5) is 19.4. The molecular formula is C21H34N4O3. The van der Waals surface area contributed by atoms with E-state index in [9.17, 15) is 4.79 Å². The second-order valence-corrected chi connectivity index (χ2v) is 8.15. The second kappa shape index (κ2) is 9.58. The molecule has 156 valence electrons. The molecule has 28 heavy (non-hydrogen) atoms. The van der Waals surface area contributed by atoms with Gasteiger partial charge in [0.15, 0.2) is 0 Å². The van der Waals surface area contributed by atoms with E-state index >= 15 is 0 Å². The number of amides is 1. The number of nitrogens with zero attached hydrogens (tertiary/aromatic N) is 3. The number of benzene rings is 1. The minimum Gasteiger partial charge on any atom is -0.497 e. The minimum absolute atomic E-state index is 0.0511. The average molecular weight is 391 g/mol. The van der Waals surface area contributed by atoms with E-state index in [0.29, 0.717) is 13.1 Å². The molecule has 0 aromatic heterocycles. The predicted molar refractivity (Wildman–Crippen MR) is 111 cm³/mol. The van der Waals surface area contributed by atoms with Gasteiger partial charge in [-0.15, -0.1) is 0 Å². The van der Waals surface area contributed by atoms with E-state index < -0.39 is 0 Å². The Morgan fingerprint density at radius 3 is 2.54 bits per heavy atom. The number of hydrogen-bond acceptors (Lipinski definition) is 6. The quantitative estimate of drug-likeness (QED) is 0.751. The lowest BCUT2D eigenvalue weighted by Crippen LogP contribution is -2.56. The van der Waals surface area contributed by atoms with Gasteiger partial charge in [0.2, 0.25) is 5.91 Å². The average Bonchev–Trinajstić information content (AvgIpc) is 2.73. The van der Waals surface area contributed by atoms with Gasteiger partial charge in [-0.2, -0.15) is 0 Å². The molecule has 0 aliphatic carbocycles. The Balaban J connectivity index is 1.41. The Kier molecular flexibility index (Phi) is 7.15. The van der Waals surface area contributed by atoms with Crippen LogP contribution in [0.25, 0.3) is 0 Å². The monoisotopic (exact) mass is 390 g/mol. The summed E-state index contributed by atoms with van der Waals surface area (Å²) in [7, 11) is 1.69. The summed E-state index contributed by atoms with van der Waals surface area (Å²) >= 11 is 0. The molecule has 2 aliphatic rings. The van der Waals surface area contributed by atoms with Crippen LogP contribution in [0.1, 0.15) is 13.8 Å². The Morgan fingerprint density at radius 1 is 1.14 bits per heavy atom. The summed E-state index contributed by atoms with van der Waals surface area (Å²) in [5.74, 6) is 0.985. The standard InChI is InChI=1S/C21H34N4O3/c1-21(2,25-11-13-28-14-12-25)17-22-20(26)16-23-7-9-24(10-8-23)18-5-4-6-19(15-18)27-3/h4-6,15H,7-14,16-17H2,1-3H3,(H,22,26). The number of ether oxygens (including phenoxy) is 2. The molecule has 0 saturated carbocycles. The summed E-state index contributed by atoms with van der Waals surface area (Å²) < 4.78 is 10.7. The molecule has 0 spiro atoms.